The number of fused-ring (bicyclic) bond motifs is 1. The minimum atomic E-state index is -0.265. The van der Waals surface area contributed by atoms with Gasteiger partial charge in [0.2, 0.25) is 18.6 Å². The smallest absolute Gasteiger partial charge is 0.321 e. The highest BCUT2D eigenvalue weighted by molar-refractivity contribution is 6.02. The number of imide groups is 1. The summed E-state index contributed by atoms with van der Waals surface area (Å²) in [6.45, 7) is 0.917. The summed E-state index contributed by atoms with van der Waals surface area (Å²) in [5.41, 5.74) is 0.607. The number of ether oxygens (including phenoxy) is 2. The predicted molar refractivity (Wildman–Crippen MR) is 78.0 cm³/mol. The molecule has 8 nitrogen and oxygen atoms in total. The van der Waals surface area contributed by atoms with Gasteiger partial charge in [-0.3, -0.25) is 14.5 Å². The van der Waals surface area contributed by atoms with Crippen molar-refractivity contribution in [2.24, 2.45) is 0 Å². The van der Waals surface area contributed by atoms with Gasteiger partial charge in [0.25, 0.3) is 0 Å². The van der Waals surface area contributed by atoms with Gasteiger partial charge in [-0.05, 0) is 12.1 Å². The number of benzene rings is 1. The molecule has 2 saturated heterocycles. The second-order valence-corrected chi connectivity index (χ2v) is 5.71. The van der Waals surface area contributed by atoms with Crippen LogP contribution in [0.25, 0.3) is 0 Å². The van der Waals surface area contributed by atoms with Crippen molar-refractivity contribution in [1.82, 2.24) is 9.80 Å². The van der Waals surface area contributed by atoms with Crippen LogP contribution in [0.3, 0.4) is 0 Å². The van der Waals surface area contributed by atoms with Crippen LogP contribution in [0.5, 0.6) is 11.5 Å². The third-order valence-electron chi connectivity index (χ3n) is 4.23. The fraction of sp³-hybridized carbons (Fsp3) is 0.400. The molecule has 3 heterocycles. The number of hydrogen-bond donors (Lipinski definition) is 1. The highest BCUT2D eigenvalue weighted by Crippen LogP contribution is 2.34. The summed E-state index contributed by atoms with van der Waals surface area (Å²) in [6.07, 6.45) is 0.553. The monoisotopic (exact) mass is 317 g/mol. The van der Waals surface area contributed by atoms with Crippen molar-refractivity contribution in [3.8, 4) is 11.5 Å². The van der Waals surface area contributed by atoms with Gasteiger partial charge in [0.15, 0.2) is 11.5 Å². The minimum absolute atomic E-state index is 0.143. The predicted octanol–water partition coefficient (Wildman–Crippen LogP) is 0.780. The third kappa shape index (κ3) is 2.36. The molecule has 4 amide bonds. The molecular formula is C15H15N3O5. The molecule has 0 atom stereocenters. The maximum Gasteiger partial charge on any atom is 0.321 e. The van der Waals surface area contributed by atoms with E-state index in [4.69, 9.17) is 9.47 Å². The number of nitrogens with zero attached hydrogens (tertiary/aromatic N) is 2. The normalized spacial score (nSPS) is 20.0. The highest BCUT2D eigenvalue weighted by Gasteiger charge is 2.42. The van der Waals surface area contributed by atoms with Gasteiger partial charge < -0.3 is 19.7 Å². The molecule has 4 rings (SSSR count). The molecule has 0 radical (unpaired) electrons. The van der Waals surface area contributed by atoms with Crippen LogP contribution in [0.4, 0.5) is 10.5 Å². The number of urea groups is 1. The van der Waals surface area contributed by atoms with Crippen LogP contribution in [-0.2, 0) is 9.59 Å². The molecule has 0 bridgehead atoms. The van der Waals surface area contributed by atoms with Gasteiger partial charge in [0.05, 0.1) is 6.04 Å². The van der Waals surface area contributed by atoms with E-state index < -0.39 is 0 Å². The molecule has 2 fully saturated rings. The van der Waals surface area contributed by atoms with Crippen LogP contribution >= 0.6 is 0 Å². The van der Waals surface area contributed by atoms with Crippen molar-refractivity contribution in [1.29, 1.82) is 0 Å². The van der Waals surface area contributed by atoms with Crippen molar-refractivity contribution < 1.29 is 23.9 Å². The van der Waals surface area contributed by atoms with Crippen molar-refractivity contribution in [2.45, 2.75) is 18.9 Å². The first-order valence-corrected chi connectivity index (χ1v) is 7.42. The Hall–Kier alpha value is -2.77. The molecule has 120 valence electrons. The molecule has 0 saturated carbocycles. The zero-order chi connectivity index (χ0) is 16.0. The summed E-state index contributed by atoms with van der Waals surface area (Å²) < 4.78 is 10.5. The van der Waals surface area contributed by atoms with E-state index in [1.54, 1.807) is 23.1 Å². The van der Waals surface area contributed by atoms with E-state index in [0.717, 1.165) is 0 Å². The molecule has 0 aliphatic carbocycles. The molecule has 3 aliphatic heterocycles. The number of carbonyl (C=O) groups excluding carboxylic acids is 3. The summed E-state index contributed by atoms with van der Waals surface area (Å²) in [4.78, 5) is 38.3. The molecule has 1 aromatic rings. The van der Waals surface area contributed by atoms with E-state index in [-0.39, 0.29) is 43.5 Å². The first kappa shape index (κ1) is 13.9. The Kier molecular flexibility index (Phi) is 3.10. The zero-order valence-electron chi connectivity index (χ0n) is 12.3. The van der Waals surface area contributed by atoms with Crippen molar-refractivity contribution in [3.05, 3.63) is 18.2 Å². The Bertz CT molecular complexity index is 682. The van der Waals surface area contributed by atoms with Gasteiger partial charge in [0.1, 0.15) is 0 Å². The van der Waals surface area contributed by atoms with Crippen LogP contribution in [0.1, 0.15) is 12.8 Å². The standard InChI is InChI=1S/C15H15N3O5/c19-13-3-4-14(20)18(13)10-6-17(7-10)15(21)16-9-1-2-11-12(5-9)23-8-22-11/h1-2,5,10H,3-4,6-8H2,(H,16,21). The topological polar surface area (TPSA) is 88.2 Å². The first-order chi connectivity index (χ1) is 11.1. The van der Waals surface area contributed by atoms with Gasteiger partial charge in [-0.2, -0.15) is 0 Å². The molecule has 1 N–H and O–H groups in total. The Morgan fingerprint density at radius 3 is 2.52 bits per heavy atom. The summed E-state index contributed by atoms with van der Waals surface area (Å²) in [6, 6.07) is 4.71. The van der Waals surface area contributed by atoms with Gasteiger partial charge in [-0.15, -0.1) is 0 Å². The van der Waals surface area contributed by atoms with Gasteiger partial charge in [-0.1, -0.05) is 0 Å². The number of nitrogens with one attached hydrogen (secondary N) is 1. The van der Waals surface area contributed by atoms with Gasteiger partial charge in [-0.25, -0.2) is 4.79 Å². The summed E-state index contributed by atoms with van der Waals surface area (Å²) in [5.74, 6) is 0.960. The molecule has 0 aromatic heterocycles. The maximum absolute atomic E-state index is 12.2. The Balaban J connectivity index is 1.35. The Labute approximate surface area is 131 Å². The number of anilines is 1. The lowest BCUT2D eigenvalue weighted by Crippen LogP contribution is -2.63. The number of carbonyl (C=O) groups is 3. The largest absolute Gasteiger partial charge is 0.454 e. The van der Waals surface area contributed by atoms with E-state index in [1.807, 2.05) is 0 Å². The molecular weight excluding hydrogens is 302 g/mol. The molecule has 0 unspecified atom stereocenters. The second-order valence-electron chi connectivity index (χ2n) is 5.71. The third-order valence-corrected chi connectivity index (χ3v) is 4.23. The summed E-state index contributed by atoms with van der Waals surface area (Å²) in [5, 5.41) is 2.77. The van der Waals surface area contributed by atoms with Crippen molar-refractivity contribution in [2.75, 3.05) is 25.2 Å². The lowest BCUT2D eigenvalue weighted by atomic mass is 10.1. The second kappa shape index (κ2) is 5.15. The lowest BCUT2D eigenvalue weighted by molar-refractivity contribution is -0.144. The van der Waals surface area contributed by atoms with E-state index in [1.165, 1.54) is 4.90 Å². The van der Waals surface area contributed by atoms with Crippen LogP contribution in [0.15, 0.2) is 18.2 Å². The fourth-order valence-electron chi connectivity index (χ4n) is 2.96. The highest BCUT2D eigenvalue weighted by atomic mass is 16.7. The number of likely N-dealkylation sites (tertiary alicyclic amines) is 2. The molecule has 1 aromatic carbocycles. The summed E-state index contributed by atoms with van der Waals surface area (Å²) in [7, 11) is 0. The maximum atomic E-state index is 12.2. The van der Waals surface area contributed by atoms with Crippen LogP contribution in [0.2, 0.25) is 0 Å². The quantitative estimate of drug-likeness (QED) is 0.814. The molecule has 8 heteroatoms. The lowest BCUT2D eigenvalue weighted by Gasteiger charge is -2.42. The Morgan fingerprint density at radius 2 is 1.78 bits per heavy atom. The van der Waals surface area contributed by atoms with Crippen LogP contribution < -0.4 is 14.8 Å². The van der Waals surface area contributed by atoms with E-state index >= 15 is 0 Å². The molecule has 3 aliphatic rings. The first-order valence-electron chi connectivity index (χ1n) is 7.42. The van der Waals surface area contributed by atoms with E-state index in [0.29, 0.717) is 30.3 Å². The van der Waals surface area contributed by atoms with Gasteiger partial charge >= 0.3 is 6.03 Å². The minimum Gasteiger partial charge on any atom is -0.454 e. The number of hydrogen-bond acceptors (Lipinski definition) is 5. The van der Waals surface area contributed by atoms with E-state index in [9.17, 15) is 14.4 Å². The van der Waals surface area contributed by atoms with Crippen molar-refractivity contribution >= 4 is 23.5 Å². The van der Waals surface area contributed by atoms with Crippen LogP contribution in [-0.4, -0.2) is 53.6 Å². The van der Waals surface area contributed by atoms with Crippen molar-refractivity contribution in [3.63, 3.8) is 0 Å². The number of rotatable bonds is 2. The summed E-state index contributed by atoms with van der Waals surface area (Å²) >= 11 is 0. The average molecular weight is 317 g/mol. The molecule has 0 spiro atoms. The van der Waals surface area contributed by atoms with Crippen LogP contribution in [0, 0.1) is 0 Å². The fourth-order valence-corrected chi connectivity index (χ4v) is 2.96. The zero-order valence-corrected chi connectivity index (χ0v) is 12.3. The average Bonchev–Trinajstić information content (AvgIpc) is 3.06. The Morgan fingerprint density at radius 1 is 1.09 bits per heavy atom. The SMILES string of the molecule is O=C(Nc1ccc2c(c1)OCO2)N1CC(N2C(=O)CCC2=O)C1. The van der Waals surface area contributed by atoms with Gasteiger partial charge in [0, 0.05) is 37.7 Å². The van der Waals surface area contributed by atoms with E-state index in [2.05, 4.69) is 5.32 Å². The molecule has 23 heavy (non-hydrogen) atoms. The number of amides is 4.